The molecule has 0 aliphatic carbocycles. The smallest absolute Gasteiger partial charge is 0.101 e. The molecule has 1 heterocycles. The van der Waals surface area contributed by atoms with E-state index in [1.165, 1.54) is 0 Å². The molecule has 0 saturated heterocycles. The topological polar surface area (TPSA) is 48.7 Å². The van der Waals surface area contributed by atoms with E-state index in [1.54, 1.807) is 6.20 Å². The van der Waals surface area contributed by atoms with E-state index in [0.717, 1.165) is 22.6 Å². The number of rotatable bonds is 2. The Morgan fingerprint density at radius 2 is 2.00 bits per heavy atom. The number of aryl methyl sites for hydroxylation is 2. The van der Waals surface area contributed by atoms with Gasteiger partial charge < -0.3 is 5.32 Å². The third kappa shape index (κ3) is 2.61. The van der Waals surface area contributed by atoms with E-state index in [9.17, 15) is 0 Å². The molecule has 0 atom stereocenters. The van der Waals surface area contributed by atoms with Gasteiger partial charge >= 0.3 is 0 Å². The Hall–Kier alpha value is -2.34. The first-order chi connectivity index (χ1) is 8.19. The zero-order chi connectivity index (χ0) is 12.3. The number of anilines is 2. The van der Waals surface area contributed by atoms with Crippen LogP contribution in [0.5, 0.6) is 0 Å². The van der Waals surface area contributed by atoms with Gasteiger partial charge in [0.1, 0.15) is 6.07 Å². The summed E-state index contributed by atoms with van der Waals surface area (Å²) >= 11 is 0. The lowest BCUT2D eigenvalue weighted by Crippen LogP contribution is -1.95. The molecule has 0 fully saturated rings. The highest BCUT2D eigenvalue weighted by Crippen LogP contribution is 2.21. The molecule has 3 heteroatoms. The molecule has 0 bridgehead atoms. The minimum Gasteiger partial charge on any atom is -0.353 e. The van der Waals surface area contributed by atoms with E-state index in [-0.39, 0.29) is 0 Å². The van der Waals surface area contributed by atoms with Crippen LogP contribution in [0.3, 0.4) is 0 Å². The number of hydrogen-bond donors (Lipinski definition) is 1. The molecule has 17 heavy (non-hydrogen) atoms. The van der Waals surface area contributed by atoms with Gasteiger partial charge in [-0.05, 0) is 43.7 Å². The molecule has 2 rings (SSSR count). The fourth-order valence-corrected chi connectivity index (χ4v) is 1.56. The lowest BCUT2D eigenvalue weighted by Gasteiger charge is -2.08. The van der Waals surface area contributed by atoms with Crippen LogP contribution in [0.15, 0.2) is 36.5 Å². The Bertz CT molecular complexity index is 565. The van der Waals surface area contributed by atoms with Crippen LogP contribution in [-0.4, -0.2) is 4.98 Å². The summed E-state index contributed by atoms with van der Waals surface area (Å²) in [5, 5.41) is 12.3. The van der Waals surface area contributed by atoms with Crippen molar-refractivity contribution in [2.24, 2.45) is 0 Å². The van der Waals surface area contributed by atoms with E-state index in [1.807, 2.05) is 44.2 Å². The fourth-order valence-electron chi connectivity index (χ4n) is 1.56. The number of pyridine rings is 1. The highest BCUT2D eigenvalue weighted by molar-refractivity contribution is 5.66. The Morgan fingerprint density at radius 3 is 2.65 bits per heavy atom. The molecule has 0 aliphatic heterocycles. The van der Waals surface area contributed by atoms with Gasteiger partial charge in [-0.3, -0.25) is 4.98 Å². The Balaban J connectivity index is 2.30. The van der Waals surface area contributed by atoms with Crippen molar-refractivity contribution >= 4 is 11.4 Å². The maximum absolute atomic E-state index is 9.06. The second kappa shape index (κ2) is 4.67. The first kappa shape index (κ1) is 11.2. The molecule has 0 saturated carbocycles. The summed E-state index contributed by atoms with van der Waals surface area (Å²) in [6.07, 6.45) is 1.76. The van der Waals surface area contributed by atoms with Crippen LogP contribution in [0.4, 0.5) is 11.4 Å². The minimum atomic E-state index is 0.644. The van der Waals surface area contributed by atoms with E-state index in [2.05, 4.69) is 16.4 Å². The predicted octanol–water partition coefficient (Wildman–Crippen LogP) is 3.31. The van der Waals surface area contributed by atoms with Gasteiger partial charge in [0.15, 0.2) is 0 Å². The van der Waals surface area contributed by atoms with Gasteiger partial charge in [-0.1, -0.05) is 6.07 Å². The molecule has 0 unspecified atom stereocenters. The van der Waals surface area contributed by atoms with Crippen LogP contribution in [0.2, 0.25) is 0 Å². The molecule has 1 N–H and O–H groups in total. The highest BCUT2D eigenvalue weighted by Gasteiger charge is 2.02. The van der Waals surface area contributed by atoms with Gasteiger partial charge in [-0.2, -0.15) is 5.26 Å². The number of aromatic nitrogens is 1. The van der Waals surface area contributed by atoms with Crippen LogP contribution in [0.25, 0.3) is 0 Å². The summed E-state index contributed by atoms with van der Waals surface area (Å²) in [6.45, 7) is 3.91. The van der Waals surface area contributed by atoms with Crippen molar-refractivity contribution in [3.63, 3.8) is 0 Å². The minimum absolute atomic E-state index is 0.644. The normalized spacial score (nSPS) is 9.71. The molecule has 0 spiro atoms. The second-order valence-corrected chi connectivity index (χ2v) is 3.97. The summed E-state index contributed by atoms with van der Waals surface area (Å²) in [4.78, 5) is 4.20. The van der Waals surface area contributed by atoms with Gasteiger partial charge in [0.2, 0.25) is 0 Å². The Labute approximate surface area is 101 Å². The summed E-state index contributed by atoms with van der Waals surface area (Å²) in [7, 11) is 0. The lowest BCUT2D eigenvalue weighted by molar-refractivity contribution is 1.20. The number of nitriles is 1. The number of hydrogen-bond acceptors (Lipinski definition) is 3. The van der Waals surface area contributed by atoms with E-state index in [0.29, 0.717) is 5.56 Å². The molecule has 0 amide bonds. The predicted molar refractivity (Wildman–Crippen MR) is 68.2 cm³/mol. The average molecular weight is 223 g/mol. The van der Waals surface area contributed by atoms with Crippen molar-refractivity contribution in [1.29, 1.82) is 5.26 Å². The Morgan fingerprint density at radius 1 is 1.18 bits per heavy atom. The van der Waals surface area contributed by atoms with Crippen LogP contribution < -0.4 is 5.32 Å². The van der Waals surface area contributed by atoms with Crippen molar-refractivity contribution in [3.05, 3.63) is 53.3 Å². The third-order valence-electron chi connectivity index (χ3n) is 2.49. The van der Waals surface area contributed by atoms with E-state index < -0.39 is 0 Å². The third-order valence-corrected chi connectivity index (χ3v) is 2.49. The molecule has 3 nitrogen and oxygen atoms in total. The van der Waals surface area contributed by atoms with E-state index >= 15 is 0 Å². The summed E-state index contributed by atoms with van der Waals surface area (Å²) in [6, 6.07) is 11.8. The molecule has 0 radical (unpaired) electrons. The summed E-state index contributed by atoms with van der Waals surface area (Å²) in [5.41, 5.74) is 4.39. The lowest BCUT2D eigenvalue weighted by atomic mass is 10.1. The largest absolute Gasteiger partial charge is 0.353 e. The Kier molecular flexibility index (Phi) is 3.06. The first-order valence-corrected chi connectivity index (χ1v) is 5.39. The highest BCUT2D eigenvalue weighted by atomic mass is 14.9. The molecule has 0 aliphatic rings. The van der Waals surface area contributed by atoms with Crippen LogP contribution in [0, 0.1) is 25.2 Å². The average Bonchev–Trinajstić information content (AvgIpc) is 2.34. The van der Waals surface area contributed by atoms with Gasteiger partial charge in [-0.25, -0.2) is 0 Å². The molecule has 84 valence electrons. The maximum Gasteiger partial charge on any atom is 0.101 e. The van der Waals surface area contributed by atoms with Crippen molar-refractivity contribution in [2.75, 3.05) is 5.32 Å². The van der Waals surface area contributed by atoms with Crippen molar-refractivity contribution < 1.29 is 0 Å². The van der Waals surface area contributed by atoms with Gasteiger partial charge in [0.05, 0.1) is 23.1 Å². The SMILES string of the molecule is Cc1ccc(Nc2ccc(C)nc2)c(C#N)c1. The van der Waals surface area contributed by atoms with Crippen molar-refractivity contribution in [1.82, 2.24) is 4.98 Å². The van der Waals surface area contributed by atoms with Gasteiger partial charge in [-0.15, -0.1) is 0 Å². The standard InChI is InChI=1S/C14H13N3/c1-10-3-6-14(12(7-10)8-15)17-13-5-4-11(2)16-9-13/h3-7,9,17H,1-2H3. The summed E-state index contributed by atoms with van der Waals surface area (Å²) < 4.78 is 0. The van der Waals surface area contributed by atoms with Crippen molar-refractivity contribution in [2.45, 2.75) is 13.8 Å². The molecular formula is C14H13N3. The van der Waals surface area contributed by atoms with E-state index in [4.69, 9.17) is 5.26 Å². The fraction of sp³-hybridized carbons (Fsp3) is 0.143. The number of nitrogens with zero attached hydrogens (tertiary/aromatic N) is 2. The molecule has 1 aromatic carbocycles. The molecular weight excluding hydrogens is 210 g/mol. The maximum atomic E-state index is 9.06. The van der Waals surface area contributed by atoms with Gasteiger partial charge in [0.25, 0.3) is 0 Å². The number of nitrogens with one attached hydrogen (secondary N) is 1. The number of benzene rings is 1. The quantitative estimate of drug-likeness (QED) is 0.849. The summed E-state index contributed by atoms with van der Waals surface area (Å²) in [5.74, 6) is 0. The van der Waals surface area contributed by atoms with Gasteiger partial charge in [0, 0.05) is 5.69 Å². The molecule has 1 aromatic heterocycles. The monoisotopic (exact) mass is 223 g/mol. The van der Waals surface area contributed by atoms with Crippen LogP contribution in [-0.2, 0) is 0 Å². The van der Waals surface area contributed by atoms with Crippen LogP contribution in [0.1, 0.15) is 16.8 Å². The molecule has 2 aromatic rings. The van der Waals surface area contributed by atoms with Crippen LogP contribution >= 0.6 is 0 Å². The van der Waals surface area contributed by atoms with Crippen molar-refractivity contribution in [3.8, 4) is 6.07 Å². The second-order valence-electron chi connectivity index (χ2n) is 3.97. The zero-order valence-electron chi connectivity index (χ0n) is 9.86. The zero-order valence-corrected chi connectivity index (χ0v) is 9.86. The first-order valence-electron chi connectivity index (χ1n) is 5.39.